The number of aromatic nitrogens is 2. The first-order chi connectivity index (χ1) is 8.69. The summed E-state index contributed by atoms with van der Waals surface area (Å²) in [6, 6.07) is 0.301. The standard InChI is InChI=1S/C11H14N4O3/c1-18-11-8(15(16)17)10(12-7-4-5-7)13-9(14-11)6-2-3-6/h6-7H,2-5H2,1H3,(H,12,13,14). The third-order valence-corrected chi connectivity index (χ3v) is 3.11. The summed E-state index contributed by atoms with van der Waals surface area (Å²) in [6.07, 6.45) is 4.15. The monoisotopic (exact) mass is 250 g/mol. The van der Waals surface area contributed by atoms with Crippen molar-refractivity contribution < 1.29 is 9.66 Å². The zero-order chi connectivity index (χ0) is 12.7. The van der Waals surface area contributed by atoms with Crippen molar-refractivity contribution in [1.29, 1.82) is 0 Å². The van der Waals surface area contributed by atoms with Crippen LogP contribution in [0.3, 0.4) is 0 Å². The molecule has 2 aliphatic carbocycles. The summed E-state index contributed by atoms with van der Waals surface area (Å²) in [5.74, 6) is 1.34. The van der Waals surface area contributed by atoms with Crippen LogP contribution in [0, 0.1) is 10.1 Å². The molecule has 2 aliphatic rings. The van der Waals surface area contributed by atoms with Gasteiger partial charge in [-0.05, 0) is 25.7 Å². The number of hydrogen-bond acceptors (Lipinski definition) is 6. The molecular formula is C11H14N4O3. The van der Waals surface area contributed by atoms with Crippen LogP contribution in [0.1, 0.15) is 37.4 Å². The van der Waals surface area contributed by atoms with E-state index in [4.69, 9.17) is 4.74 Å². The fourth-order valence-electron chi connectivity index (χ4n) is 1.80. The number of anilines is 1. The highest BCUT2D eigenvalue weighted by atomic mass is 16.6. The Morgan fingerprint density at radius 2 is 2.06 bits per heavy atom. The lowest BCUT2D eigenvalue weighted by Crippen LogP contribution is -2.10. The maximum absolute atomic E-state index is 11.1. The summed E-state index contributed by atoms with van der Waals surface area (Å²) in [5, 5.41) is 14.2. The van der Waals surface area contributed by atoms with Gasteiger partial charge in [-0.25, -0.2) is 4.98 Å². The molecule has 1 aromatic heterocycles. The highest BCUT2D eigenvalue weighted by Crippen LogP contribution is 2.42. The summed E-state index contributed by atoms with van der Waals surface area (Å²) < 4.78 is 5.04. The molecule has 2 saturated carbocycles. The van der Waals surface area contributed by atoms with Gasteiger partial charge < -0.3 is 10.1 Å². The Morgan fingerprint density at radius 1 is 1.33 bits per heavy atom. The van der Waals surface area contributed by atoms with Crippen LogP contribution in [-0.4, -0.2) is 28.0 Å². The van der Waals surface area contributed by atoms with Gasteiger partial charge in [0.05, 0.1) is 12.0 Å². The minimum absolute atomic E-state index is 0.0556. The van der Waals surface area contributed by atoms with Crippen molar-refractivity contribution in [3.05, 3.63) is 15.9 Å². The van der Waals surface area contributed by atoms with Gasteiger partial charge >= 0.3 is 5.69 Å². The minimum Gasteiger partial charge on any atom is -0.476 e. The quantitative estimate of drug-likeness (QED) is 0.633. The molecule has 18 heavy (non-hydrogen) atoms. The number of methoxy groups -OCH3 is 1. The maximum Gasteiger partial charge on any atom is 0.372 e. The summed E-state index contributed by atoms with van der Waals surface area (Å²) in [5.41, 5.74) is -0.159. The van der Waals surface area contributed by atoms with E-state index in [9.17, 15) is 10.1 Å². The van der Waals surface area contributed by atoms with E-state index in [-0.39, 0.29) is 11.6 Å². The van der Waals surface area contributed by atoms with E-state index < -0.39 is 4.92 Å². The van der Waals surface area contributed by atoms with Gasteiger partial charge in [0.1, 0.15) is 5.82 Å². The second-order valence-corrected chi connectivity index (χ2v) is 4.74. The van der Waals surface area contributed by atoms with E-state index in [1.54, 1.807) is 0 Å². The van der Waals surface area contributed by atoms with Crippen molar-refractivity contribution in [3.8, 4) is 5.88 Å². The van der Waals surface area contributed by atoms with E-state index in [0.29, 0.717) is 23.6 Å². The number of hydrogen-bond donors (Lipinski definition) is 1. The molecule has 0 aliphatic heterocycles. The number of rotatable bonds is 5. The molecule has 0 saturated heterocycles. The summed E-state index contributed by atoms with van der Waals surface area (Å²) in [7, 11) is 1.40. The van der Waals surface area contributed by atoms with Crippen LogP contribution in [0.15, 0.2) is 0 Å². The van der Waals surface area contributed by atoms with Crippen LogP contribution in [-0.2, 0) is 0 Å². The molecule has 0 aromatic carbocycles. The van der Waals surface area contributed by atoms with Crippen molar-refractivity contribution in [2.24, 2.45) is 0 Å². The van der Waals surface area contributed by atoms with Crippen molar-refractivity contribution in [1.82, 2.24) is 9.97 Å². The Labute approximate surface area is 104 Å². The Bertz CT molecular complexity index is 497. The zero-order valence-electron chi connectivity index (χ0n) is 10.0. The lowest BCUT2D eigenvalue weighted by molar-refractivity contribution is -0.385. The first-order valence-corrected chi connectivity index (χ1v) is 6.06. The molecule has 0 bridgehead atoms. The Kier molecular flexibility index (Phi) is 2.53. The fraction of sp³-hybridized carbons (Fsp3) is 0.636. The fourth-order valence-corrected chi connectivity index (χ4v) is 1.80. The summed E-state index contributed by atoms with van der Waals surface area (Å²) >= 11 is 0. The molecule has 7 nitrogen and oxygen atoms in total. The molecule has 0 unspecified atom stereocenters. The predicted octanol–water partition coefficient (Wildman–Crippen LogP) is 1.85. The van der Waals surface area contributed by atoms with Gasteiger partial charge in [0.2, 0.25) is 5.82 Å². The Balaban J connectivity index is 2.04. The van der Waals surface area contributed by atoms with Gasteiger partial charge in [0, 0.05) is 12.0 Å². The number of nitro groups is 1. The van der Waals surface area contributed by atoms with Crippen LogP contribution in [0.4, 0.5) is 11.5 Å². The first-order valence-electron chi connectivity index (χ1n) is 6.06. The van der Waals surface area contributed by atoms with Crippen LogP contribution in [0.2, 0.25) is 0 Å². The van der Waals surface area contributed by atoms with Gasteiger partial charge in [-0.2, -0.15) is 4.98 Å². The molecular weight excluding hydrogens is 236 g/mol. The predicted molar refractivity (Wildman–Crippen MR) is 63.9 cm³/mol. The normalized spacial score (nSPS) is 18.5. The molecule has 0 radical (unpaired) electrons. The van der Waals surface area contributed by atoms with Crippen molar-refractivity contribution in [2.45, 2.75) is 37.6 Å². The van der Waals surface area contributed by atoms with Crippen molar-refractivity contribution in [2.75, 3.05) is 12.4 Å². The van der Waals surface area contributed by atoms with Gasteiger partial charge in [-0.15, -0.1) is 0 Å². The largest absolute Gasteiger partial charge is 0.476 e. The van der Waals surface area contributed by atoms with Crippen LogP contribution >= 0.6 is 0 Å². The van der Waals surface area contributed by atoms with Crippen molar-refractivity contribution in [3.63, 3.8) is 0 Å². The number of ether oxygens (including phenoxy) is 1. The summed E-state index contributed by atoms with van der Waals surface area (Å²) in [4.78, 5) is 19.1. The Morgan fingerprint density at radius 3 is 2.56 bits per heavy atom. The average molecular weight is 250 g/mol. The van der Waals surface area contributed by atoms with Crippen LogP contribution in [0.5, 0.6) is 5.88 Å². The smallest absolute Gasteiger partial charge is 0.372 e. The van der Waals surface area contributed by atoms with Crippen LogP contribution < -0.4 is 10.1 Å². The van der Waals surface area contributed by atoms with Gasteiger partial charge in [0.15, 0.2) is 0 Å². The molecule has 1 heterocycles. The lowest BCUT2D eigenvalue weighted by atomic mass is 10.3. The minimum atomic E-state index is -0.486. The van der Waals surface area contributed by atoms with E-state index in [2.05, 4.69) is 15.3 Å². The molecule has 3 rings (SSSR count). The number of nitrogens with zero attached hydrogens (tertiary/aromatic N) is 3. The molecule has 0 spiro atoms. The van der Waals surface area contributed by atoms with Gasteiger partial charge in [0.25, 0.3) is 5.88 Å². The lowest BCUT2D eigenvalue weighted by Gasteiger charge is -2.09. The van der Waals surface area contributed by atoms with E-state index in [1.165, 1.54) is 7.11 Å². The third kappa shape index (κ3) is 2.07. The Hall–Kier alpha value is -1.92. The molecule has 7 heteroatoms. The van der Waals surface area contributed by atoms with E-state index >= 15 is 0 Å². The molecule has 96 valence electrons. The second-order valence-electron chi connectivity index (χ2n) is 4.74. The number of nitrogens with one attached hydrogen (secondary N) is 1. The third-order valence-electron chi connectivity index (χ3n) is 3.11. The second kappa shape index (κ2) is 4.08. The highest BCUT2D eigenvalue weighted by Gasteiger charge is 2.34. The topological polar surface area (TPSA) is 90.2 Å². The average Bonchev–Trinajstić information content (AvgIpc) is 3.20. The molecule has 1 N–H and O–H groups in total. The van der Waals surface area contributed by atoms with Gasteiger partial charge in [-0.1, -0.05) is 0 Å². The highest BCUT2D eigenvalue weighted by molar-refractivity contribution is 5.62. The molecule has 0 amide bonds. The maximum atomic E-state index is 11.1. The summed E-state index contributed by atoms with van der Waals surface area (Å²) in [6.45, 7) is 0. The first kappa shape index (κ1) is 11.2. The molecule has 0 atom stereocenters. The molecule has 2 fully saturated rings. The van der Waals surface area contributed by atoms with E-state index in [1.807, 2.05) is 0 Å². The SMILES string of the molecule is COc1nc(C2CC2)nc(NC2CC2)c1[N+](=O)[O-]. The van der Waals surface area contributed by atoms with Crippen molar-refractivity contribution >= 4 is 11.5 Å². The van der Waals surface area contributed by atoms with Gasteiger partial charge in [-0.3, -0.25) is 10.1 Å². The van der Waals surface area contributed by atoms with Crippen LogP contribution in [0.25, 0.3) is 0 Å². The molecule has 1 aromatic rings. The van der Waals surface area contributed by atoms with E-state index in [0.717, 1.165) is 25.7 Å². The zero-order valence-corrected chi connectivity index (χ0v) is 10.0.